The molecule has 0 saturated carbocycles. The van der Waals surface area contributed by atoms with Gasteiger partial charge in [0.1, 0.15) is 5.75 Å². The summed E-state index contributed by atoms with van der Waals surface area (Å²) in [5, 5.41) is 13.0. The Labute approximate surface area is 77.6 Å². The molecule has 0 spiro atoms. The van der Waals surface area contributed by atoms with Gasteiger partial charge in [0.15, 0.2) is 0 Å². The number of nitrogen functional groups attached to an aromatic ring is 1. The van der Waals surface area contributed by atoms with Crippen LogP contribution in [-0.4, -0.2) is 11.7 Å². The van der Waals surface area contributed by atoms with E-state index < -0.39 is 0 Å². The maximum atomic E-state index is 9.63. The Morgan fingerprint density at radius 2 is 2.31 bits per heavy atom. The molecule has 4 N–H and O–H groups in total. The summed E-state index contributed by atoms with van der Waals surface area (Å²) in [5.41, 5.74) is 7.12. The molecule has 1 saturated heterocycles. The molecular formula is C10H14N2O. The molecule has 0 bridgehead atoms. The highest BCUT2D eigenvalue weighted by atomic mass is 16.3. The van der Waals surface area contributed by atoms with E-state index in [0.717, 1.165) is 18.5 Å². The van der Waals surface area contributed by atoms with Crippen LogP contribution in [0.25, 0.3) is 0 Å². The molecular weight excluding hydrogens is 164 g/mol. The fraction of sp³-hybridized carbons (Fsp3) is 0.400. The molecule has 0 radical (unpaired) electrons. The average Bonchev–Trinajstić information content (AvgIpc) is 2.56. The van der Waals surface area contributed by atoms with Crippen LogP contribution in [0.2, 0.25) is 0 Å². The second kappa shape index (κ2) is 3.26. The first-order chi connectivity index (χ1) is 6.27. The molecule has 3 nitrogen and oxygen atoms in total. The standard InChI is InChI=1S/C10H14N2O/c11-7-3-4-8(10(13)6-7)9-2-1-5-12-9/h3-4,6,9,12-13H,1-2,5,11H2/t9-/m0/s1. The molecule has 1 heterocycles. The van der Waals surface area contributed by atoms with Crippen molar-refractivity contribution in [3.05, 3.63) is 23.8 Å². The smallest absolute Gasteiger partial charge is 0.122 e. The third-order valence-electron chi connectivity index (χ3n) is 2.49. The normalized spacial score (nSPS) is 22.0. The summed E-state index contributed by atoms with van der Waals surface area (Å²) in [4.78, 5) is 0. The monoisotopic (exact) mass is 178 g/mol. The van der Waals surface area contributed by atoms with E-state index in [1.165, 1.54) is 6.42 Å². The van der Waals surface area contributed by atoms with Gasteiger partial charge in [-0.2, -0.15) is 0 Å². The second-order valence-electron chi connectivity index (χ2n) is 3.47. The lowest BCUT2D eigenvalue weighted by atomic mass is 10.0. The van der Waals surface area contributed by atoms with Crippen LogP contribution in [-0.2, 0) is 0 Å². The number of hydrogen-bond donors (Lipinski definition) is 3. The first-order valence-electron chi connectivity index (χ1n) is 4.59. The first kappa shape index (κ1) is 8.38. The quantitative estimate of drug-likeness (QED) is 0.570. The molecule has 1 aromatic carbocycles. The van der Waals surface area contributed by atoms with E-state index >= 15 is 0 Å². The van der Waals surface area contributed by atoms with Crippen LogP contribution in [0.1, 0.15) is 24.4 Å². The van der Waals surface area contributed by atoms with Crippen molar-refractivity contribution in [2.75, 3.05) is 12.3 Å². The van der Waals surface area contributed by atoms with Gasteiger partial charge in [-0.15, -0.1) is 0 Å². The molecule has 0 aromatic heterocycles. The van der Waals surface area contributed by atoms with Gasteiger partial charge < -0.3 is 16.2 Å². The van der Waals surface area contributed by atoms with Gasteiger partial charge in [-0.1, -0.05) is 6.07 Å². The SMILES string of the molecule is Nc1ccc([C@@H]2CCCN2)c(O)c1. The van der Waals surface area contributed by atoms with E-state index in [9.17, 15) is 5.11 Å². The lowest BCUT2D eigenvalue weighted by molar-refractivity contribution is 0.457. The summed E-state index contributed by atoms with van der Waals surface area (Å²) in [7, 11) is 0. The highest BCUT2D eigenvalue weighted by Crippen LogP contribution is 2.31. The molecule has 1 aromatic rings. The highest BCUT2D eigenvalue weighted by Gasteiger charge is 2.18. The zero-order chi connectivity index (χ0) is 9.26. The molecule has 13 heavy (non-hydrogen) atoms. The van der Waals surface area contributed by atoms with Gasteiger partial charge >= 0.3 is 0 Å². The molecule has 0 aliphatic carbocycles. The molecule has 1 fully saturated rings. The lowest BCUT2D eigenvalue weighted by Gasteiger charge is -2.12. The fourth-order valence-electron chi connectivity index (χ4n) is 1.81. The Morgan fingerprint density at radius 1 is 1.46 bits per heavy atom. The second-order valence-corrected chi connectivity index (χ2v) is 3.47. The van der Waals surface area contributed by atoms with E-state index in [1.54, 1.807) is 6.07 Å². The van der Waals surface area contributed by atoms with Gasteiger partial charge in [0, 0.05) is 23.4 Å². The van der Waals surface area contributed by atoms with Crippen LogP contribution in [0.3, 0.4) is 0 Å². The number of nitrogens with two attached hydrogens (primary N) is 1. The fourth-order valence-corrected chi connectivity index (χ4v) is 1.81. The van der Waals surface area contributed by atoms with Gasteiger partial charge in [0.05, 0.1) is 0 Å². The van der Waals surface area contributed by atoms with Crippen LogP contribution in [0.4, 0.5) is 5.69 Å². The number of nitrogens with one attached hydrogen (secondary N) is 1. The summed E-state index contributed by atoms with van der Waals surface area (Å²) < 4.78 is 0. The summed E-state index contributed by atoms with van der Waals surface area (Å²) in [6.07, 6.45) is 2.27. The third-order valence-corrected chi connectivity index (χ3v) is 2.49. The summed E-state index contributed by atoms with van der Waals surface area (Å²) in [6, 6.07) is 5.64. The predicted molar refractivity (Wildman–Crippen MR) is 52.5 cm³/mol. The number of benzene rings is 1. The van der Waals surface area contributed by atoms with Crippen molar-refractivity contribution in [1.29, 1.82) is 0 Å². The maximum Gasteiger partial charge on any atom is 0.122 e. The van der Waals surface area contributed by atoms with Crippen molar-refractivity contribution < 1.29 is 5.11 Å². The van der Waals surface area contributed by atoms with Gasteiger partial charge in [0.2, 0.25) is 0 Å². The minimum absolute atomic E-state index is 0.305. The van der Waals surface area contributed by atoms with Crippen LogP contribution >= 0.6 is 0 Å². The van der Waals surface area contributed by atoms with E-state index in [1.807, 2.05) is 12.1 Å². The number of hydrogen-bond acceptors (Lipinski definition) is 3. The first-order valence-corrected chi connectivity index (χ1v) is 4.59. The minimum Gasteiger partial charge on any atom is -0.508 e. The van der Waals surface area contributed by atoms with Crippen LogP contribution < -0.4 is 11.1 Å². The van der Waals surface area contributed by atoms with E-state index in [-0.39, 0.29) is 0 Å². The van der Waals surface area contributed by atoms with E-state index in [2.05, 4.69) is 5.32 Å². The summed E-state index contributed by atoms with van der Waals surface area (Å²) in [5.74, 6) is 0.305. The Morgan fingerprint density at radius 3 is 2.92 bits per heavy atom. The van der Waals surface area contributed by atoms with Gasteiger partial charge in [0.25, 0.3) is 0 Å². The molecule has 70 valence electrons. The molecule has 2 rings (SSSR count). The van der Waals surface area contributed by atoms with Crippen LogP contribution in [0.15, 0.2) is 18.2 Å². The Kier molecular flexibility index (Phi) is 2.10. The van der Waals surface area contributed by atoms with E-state index in [4.69, 9.17) is 5.73 Å². The van der Waals surface area contributed by atoms with Crippen LogP contribution in [0.5, 0.6) is 5.75 Å². The van der Waals surface area contributed by atoms with Gasteiger partial charge in [-0.25, -0.2) is 0 Å². The number of anilines is 1. The summed E-state index contributed by atoms with van der Waals surface area (Å²) >= 11 is 0. The van der Waals surface area contributed by atoms with Crippen molar-refractivity contribution in [1.82, 2.24) is 5.32 Å². The predicted octanol–water partition coefficient (Wildman–Crippen LogP) is 1.40. The number of phenols is 1. The maximum absolute atomic E-state index is 9.63. The van der Waals surface area contributed by atoms with Crippen molar-refractivity contribution in [2.45, 2.75) is 18.9 Å². The topological polar surface area (TPSA) is 58.3 Å². The van der Waals surface area contributed by atoms with Gasteiger partial charge in [-0.05, 0) is 25.5 Å². The average molecular weight is 178 g/mol. The van der Waals surface area contributed by atoms with Crippen molar-refractivity contribution in [3.8, 4) is 5.75 Å². The summed E-state index contributed by atoms with van der Waals surface area (Å²) in [6.45, 7) is 1.04. The zero-order valence-electron chi connectivity index (χ0n) is 7.46. The Bertz CT molecular complexity index is 306. The molecule has 0 amide bonds. The number of rotatable bonds is 1. The molecule has 1 aliphatic heterocycles. The van der Waals surface area contributed by atoms with E-state index in [0.29, 0.717) is 17.5 Å². The van der Waals surface area contributed by atoms with Gasteiger partial charge in [-0.3, -0.25) is 0 Å². The Hall–Kier alpha value is -1.22. The third kappa shape index (κ3) is 1.60. The molecule has 0 unspecified atom stereocenters. The Balaban J connectivity index is 2.29. The largest absolute Gasteiger partial charge is 0.508 e. The molecule has 3 heteroatoms. The van der Waals surface area contributed by atoms with Crippen molar-refractivity contribution in [3.63, 3.8) is 0 Å². The van der Waals surface area contributed by atoms with Crippen LogP contribution in [0, 0.1) is 0 Å². The molecule has 1 atom stereocenters. The zero-order valence-corrected chi connectivity index (χ0v) is 7.46. The number of phenolic OH excluding ortho intramolecular Hbond substituents is 1. The molecule has 1 aliphatic rings. The number of aromatic hydroxyl groups is 1. The van der Waals surface area contributed by atoms with Crippen molar-refractivity contribution in [2.24, 2.45) is 0 Å². The minimum atomic E-state index is 0.305. The lowest BCUT2D eigenvalue weighted by Crippen LogP contribution is -2.12. The van der Waals surface area contributed by atoms with Crippen molar-refractivity contribution >= 4 is 5.69 Å². The highest BCUT2D eigenvalue weighted by molar-refractivity contribution is 5.48.